The van der Waals surface area contributed by atoms with Gasteiger partial charge in [0, 0.05) is 11.5 Å². The van der Waals surface area contributed by atoms with E-state index in [-0.39, 0.29) is 38.8 Å². The van der Waals surface area contributed by atoms with Gasteiger partial charge in [-0.15, -0.1) is 0 Å². The van der Waals surface area contributed by atoms with Crippen LogP contribution in [-0.2, 0) is 15.3 Å². The van der Waals surface area contributed by atoms with Crippen LogP contribution in [0, 0.1) is 0 Å². The zero-order valence-corrected chi connectivity index (χ0v) is 17.5. The topological polar surface area (TPSA) is 94.0 Å². The van der Waals surface area contributed by atoms with Crippen LogP contribution in [-0.4, -0.2) is 40.6 Å². The number of sulfone groups is 1. The number of hydrogen-bond acceptors (Lipinski definition) is 5. The Morgan fingerprint density at radius 3 is 2.59 bits per heavy atom. The van der Waals surface area contributed by atoms with Crippen molar-refractivity contribution in [1.29, 1.82) is 0 Å². The summed E-state index contributed by atoms with van der Waals surface area (Å²) in [5.41, 5.74) is 0.467. The zero-order valence-electron chi connectivity index (χ0n) is 15.2. The number of amides is 1. The normalized spacial score (nSPS) is 19.2. The Morgan fingerprint density at radius 1 is 1.30 bits per heavy atom. The van der Waals surface area contributed by atoms with Gasteiger partial charge in [0.1, 0.15) is 16.7 Å². The van der Waals surface area contributed by atoms with Crippen molar-refractivity contribution in [2.24, 2.45) is 0 Å². The molecule has 0 radical (unpaired) electrons. The summed E-state index contributed by atoms with van der Waals surface area (Å²) >= 11 is 11.9. The second-order valence-electron chi connectivity index (χ2n) is 7.58. The number of carbonyl (C=O) groups is 1. The lowest BCUT2D eigenvalue weighted by Crippen LogP contribution is -2.21. The summed E-state index contributed by atoms with van der Waals surface area (Å²) in [4.78, 5) is 16.6. The van der Waals surface area contributed by atoms with Crippen molar-refractivity contribution in [3.63, 3.8) is 0 Å². The number of anilines is 1. The first-order valence-electron chi connectivity index (χ1n) is 8.40. The van der Waals surface area contributed by atoms with E-state index < -0.39 is 15.7 Å². The molecule has 3 heterocycles. The number of halogens is 2. The molecule has 2 aromatic heterocycles. The van der Waals surface area contributed by atoms with Crippen molar-refractivity contribution in [3.8, 4) is 0 Å². The number of aromatic nitrogens is 3. The summed E-state index contributed by atoms with van der Waals surface area (Å²) in [6.07, 6.45) is 0.451. The second-order valence-corrected chi connectivity index (χ2v) is 10.6. The molecule has 0 aromatic carbocycles. The van der Waals surface area contributed by atoms with Gasteiger partial charge in [0.05, 0.1) is 28.3 Å². The third-order valence-corrected chi connectivity index (χ3v) is 6.59. The van der Waals surface area contributed by atoms with E-state index in [1.807, 2.05) is 20.8 Å². The van der Waals surface area contributed by atoms with Gasteiger partial charge in [-0.05, 0) is 18.6 Å². The van der Waals surface area contributed by atoms with Crippen molar-refractivity contribution >= 4 is 44.8 Å². The third-order valence-electron chi connectivity index (χ3n) is 4.33. The van der Waals surface area contributed by atoms with Gasteiger partial charge in [-0.25, -0.2) is 18.1 Å². The van der Waals surface area contributed by atoms with Crippen LogP contribution < -0.4 is 5.32 Å². The van der Waals surface area contributed by atoms with Crippen molar-refractivity contribution in [1.82, 2.24) is 14.8 Å². The molecule has 1 fully saturated rings. The van der Waals surface area contributed by atoms with Crippen LogP contribution in [0.4, 0.5) is 5.82 Å². The predicted octanol–water partition coefficient (Wildman–Crippen LogP) is 3.49. The number of carbonyl (C=O) groups excluding carboxylic acids is 1. The number of rotatable bonds is 3. The van der Waals surface area contributed by atoms with Crippen LogP contribution in [0.25, 0.3) is 0 Å². The Labute approximate surface area is 168 Å². The van der Waals surface area contributed by atoms with Gasteiger partial charge in [0.2, 0.25) is 0 Å². The Bertz CT molecular complexity index is 996. The molecular formula is C17H20Cl2N4O3S. The van der Waals surface area contributed by atoms with Gasteiger partial charge in [-0.3, -0.25) is 4.79 Å². The van der Waals surface area contributed by atoms with Crippen LogP contribution >= 0.6 is 23.2 Å². The lowest BCUT2D eigenvalue weighted by molar-refractivity contribution is 0.102. The molecule has 10 heteroatoms. The van der Waals surface area contributed by atoms with E-state index in [9.17, 15) is 13.2 Å². The number of nitrogens with one attached hydrogen (secondary N) is 1. The van der Waals surface area contributed by atoms with E-state index in [0.717, 1.165) is 5.69 Å². The fraction of sp³-hybridized carbons (Fsp3) is 0.471. The Balaban J connectivity index is 1.97. The lowest BCUT2D eigenvalue weighted by Gasteiger charge is -2.15. The van der Waals surface area contributed by atoms with Gasteiger partial charge in [-0.1, -0.05) is 44.0 Å². The van der Waals surface area contributed by atoms with Crippen LogP contribution in [0.1, 0.15) is 49.4 Å². The highest BCUT2D eigenvalue weighted by atomic mass is 35.5. The van der Waals surface area contributed by atoms with Gasteiger partial charge < -0.3 is 5.32 Å². The lowest BCUT2D eigenvalue weighted by atomic mass is 9.92. The van der Waals surface area contributed by atoms with Crippen LogP contribution in [0.2, 0.25) is 10.2 Å². The Hall–Kier alpha value is -1.64. The number of nitrogens with zero attached hydrogens (tertiary/aromatic N) is 3. The predicted molar refractivity (Wildman–Crippen MR) is 105 cm³/mol. The van der Waals surface area contributed by atoms with E-state index in [1.165, 1.54) is 12.1 Å². The molecule has 1 aliphatic rings. The molecule has 1 N–H and O–H groups in total. The van der Waals surface area contributed by atoms with Crippen molar-refractivity contribution in [2.45, 2.75) is 38.6 Å². The fourth-order valence-electron chi connectivity index (χ4n) is 2.85. The average molecular weight is 431 g/mol. The molecule has 0 unspecified atom stereocenters. The van der Waals surface area contributed by atoms with E-state index >= 15 is 0 Å². The molecule has 1 atom stereocenters. The van der Waals surface area contributed by atoms with Crippen LogP contribution in [0.15, 0.2) is 18.2 Å². The quantitative estimate of drug-likeness (QED) is 0.751. The molecule has 0 spiro atoms. The molecule has 146 valence electrons. The van der Waals surface area contributed by atoms with Crippen LogP contribution in [0.3, 0.4) is 0 Å². The summed E-state index contributed by atoms with van der Waals surface area (Å²) in [5.74, 6) is -0.0239. The number of pyridine rings is 1. The van der Waals surface area contributed by atoms with E-state index in [0.29, 0.717) is 12.2 Å². The summed E-state index contributed by atoms with van der Waals surface area (Å²) in [6.45, 7) is 5.98. The maximum Gasteiger partial charge on any atom is 0.277 e. The maximum absolute atomic E-state index is 12.7. The molecule has 27 heavy (non-hydrogen) atoms. The van der Waals surface area contributed by atoms with E-state index in [1.54, 1.807) is 10.7 Å². The standard InChI is InChI=1S/C17H20Cl2N4O3S/c1-17(2,3)12-8-14(23(22-12)10-6-7-27(25,26)9-10)21-16(24)15-11(18)4-5-13(19)20-15/h4-5,8,10H,6-7,9H2,1-3H3,(H,21,24)/t10-/m1/s1. The molecule has 7 nitrogen and oxygen atoms in total. The van der Waals surface area contributed by atoms with Crippen molar-refractivity contribution in [2.75, 3.05) is 16.8 Å². The second kappa shape index (κ2) is 7.07. The van der Waals surface area contributed by atoms with Gasteiger partial charge >= 0.3 is 0 Å². The fourth-order valence-corrected chi connectivity index (χ4v) is 4.88. The number of hydrogen-bond donors (Lipinski definition) is 1. The molecule has 1 amide bonds. The molecule has 2 aromatic rings. The van der Waals surface area contributed by atoms with Gasteiger partial charge in [0.15, 0.2) is 9.84 Å². The average Bonchev–Trinajstić information content (AvgIpc) is 3.12. The smallest absolute Gasteiger partial charge is 0.277 e. The molecule has 0 saturated carbocycles. The minimum Gasteiger partial charge on any atom is -0.305 e. The van der Waals surface area contributed by atoms with E-state index in [4.69, 9.17) is 23.2 Å². The molecular weight excluding hydrogens is 411 g/mol. The molecule has 0 bridgehead atoms. The summed E-state index contributed by atoms with van der Waals surface area (Å²) in [7, 11) is -3.10. The third kappa shape index (κ3) is 4.44. The minimum absolute atomic E-state index is 0.00267. The van der Waals surface area contributed by atoms with Crippen molar-refractivity contribution in [3.05, 3.63) is 39.8 Å². The molecule has 1 aliphatic heterocycles. The summed E-state index contributed by atoms with van der Waals surface area (Å²) in [6, 6.07) is 4.41. The highest BCUT2D eigenvalue weighted by Crippen LogP contribution is 2.31. The SMILES string of the molecule is CC(C)(C)c1cc(NC(=O)c2nc(Cl)ccc2Cl)n([C@@H]2CCS(=O)(=O)C2)n1. The Kier molecular flexibility index (Phi) is 5.26. The summed E-state index contributed by atoms with van der Waals surface area (Å²) < 4.78 is 25.4. The highest BCUT2D eigenvalue weighted by molar-refractivity contribution is 7.91. The largest absolute Gasteiger partial charge is 0.305 e. The first-order valence-corrected chi connectivity index (χ1v) is 11.0. The molecule has 0 aliphatic carbocycles. The zero-order chi connectivity index (χ0) is 20.0. The van der Waals surface area contributed by atoms with Gasteiger partial charge in [-0.2, -0.15) is 5.10 Å². The van der Waals surface area contributed by atoms with E-state index in [2.05, 4.69) is 15.4 Å². The minimum atomic E-state index is -3.10. The summed E-state index contributed by atoms with van der Waals surface area (Å²) in [5, 5.41) is 7.64. The molecule has 1 saturated heterocycles. The highest BCUT2D eigenvalue weighted by Gasteiger charge is 2.33. The first-order chi connectivity index (χ1) is 12.5. The first kappa shape index (κ1) is 20.1. The Morgan fingerprint density at radius 2 is 2.00 bits per heavy atom. The van der Waals surface area contributed by atoms with Crippen molar-refractivity contribution < 1.29 is 13.2 Å². The maximum atomic E-state index is 12.7. The molecule has 3 rings (SSSR count). The van der Waals surface area contributed by atoms with Gasteiger partial charge in [0.25, 0.3) is 5.91 Å². The monoisotopic (exact) mass is 430 g/mol. The van der Waals surface area contributed by atoms with Crippen LogP contribution in [0.5, 0.6) is 0 Å².